The molecule has 138 valence electrons. The molecule has 1 fully saturated rings. The molecule has 0 amide bonds. The molecule has 8 nitrogen and oxygen atoms in total. The standard InChI is InChI=1S/C16H22N2O6S/c1-16(2)11-18(7-9-24-16)25(21,22)17-6-8-23-14-12(10-17)4-3-5-13(14)15(19)20/h3-5H,6-11H2,1-2H3,(H,19,20). The maximum Gasteiger partial charge on any atom is 0.339 e. The Morgan fingerprint density at radius 1 is 1.20 bits per heavy atom. The highest BCUT2D eigenvalue weighted by Crippen LogP contribution is 2.30. The summed E-state index contributed by atoms with van der Waals surface area (Å²) in [7, 11) is -3.70. The predicted octanol–water partition coefficient (Wildman–Crippen LogP) is 0.935. The van der Waals surface area contributed by atoms with Gasteiger partial charge in [0.1, 0.15) is 17.9 Å². The SMILES string of the molecule is CC1(C)CN(S(=O)(=O)N2CCOc3c(cccc3C(=O)O)C2)CCO1. The molecule has 3 rings (SSSR count). The smallest absolute Gasteiger partial charge is 0.339 e. The van der Waals surface area contributed by atoms with Crippen LogP contribution in [0.4, 0.5) is 0 Å². The third-order valence-electron chi connectivity index (χ3n) is 4.30. The van der Waals surface area contributed by atoms with E-state index in [0.717, 1.165) is 0 Å². The number of fused-ring (bicyclic) bond motifs is 1. The first kappa shape index (κ1) is 18.1. The maximum atomic E-state index is 13.0. The van der Waals surface area contributed by atoms with Crippen molar-refractivity contribution in [3.8, 4) is 5.75 Å². The van der Waals surface area contributed by atoms with Crippen LogP contribution in [-0.2, 0) is 21.5 Å². The fourth-order valence-electron chi connectivity index (χ4n) is 3.10. The second-order valence-electron chi connectivity index (χ2n) is 6.73. The summed E-state index contributed by atoms with van der Waals surface area (Å²) in [5.74, 6) is -0.849. The number of hydrogen-bond donors (Lipinski definition) is 1. The number of morpholine rings is 1. The molecule has 2 heterocycles. The highest BCUT2D eigenvalue weighted by atomic mass is 32.2. The van der Waals surface area contributed by atoms with Crippen molar-refractivity contribution in [1.29, 1.82) is 0 Å². The van der Waals surface area contributed by atoms with Crippen LogP contribution in [0.25, 0.3) is 0 Å². The number of nitrogens with zero attached hydrogens (tertiary/aromatic N) is 2. The Balaban J connectivity index is 1.89. The number of carboxylic acid groups (broad SMARTS) is 1. The Labute approximate surface area is 147 Å². The molecule has 0 atom stereocenters. The van der Waals surface area contributed by atoms with Gasteiger partial charge in [-0.05, 0) is 19.9 Å². The number of aromatic carboxylic acids is 1. The Bertz CT molecular complexity index is 777. The molecule has 1 saturated heterocycles. The third-order valence-corrected chi connectivity index (χ3v) is 6.23. The van der Waals surface area contributed by atoms with Crippen molar-refractivity contribution in [3.05, 3.63) is 29.3 Å². The number of rotatable bonds is 3. The summed E-state index contributed by atoms with van der Waals surface area (Å²) in [6, 6.07) is 4.74. The summed E-state index contributed by atoms with van der Waals surface area (Å²) < 4.78 is 40.0. The highest BCUT2D eigenvalue weighted by molar-refractivity contribution is 7.86. The Kier molecular flexibility index (Phi) is 4.76. The largest absolute Gasteiger partial charge is 0.491 e. The molecule has 1 aromatic carbocycles. The summed E-state index contributed by atoms with van der Waals surface area (Å²) in [5, 5.41) is 9.29. The predicted molar refractivity (Wildman–Crippen MR) is 89.8 cm³/mol. The van der Waals surface area contributed by atoms with E-state index in [4.69, 9.17) is 9.47 Å². The average molecular weight is 370 g/mol. The Morgan fingerprint density at radius 2 is 1.92 bits per heavy atom. The van der Waals surface area contributed by atoms with Gasteiger partial charge in [0.25, 0.3) is 10.2 Å². The first-order chi connectivity index (χ1) is 11.7. The van der Waals surface area contributed by atoms with Gasteiger partial charge in [-0.3, -0.25) is 0 Å². The Hall–Kier alpha value is -1.68. The summed E-state index contributed by atoms with van der Waals surface area (Å²) >= 11 is 0. The molecular weight excluding hydrogens is 348 g/mol. The molecule has 2 aliphatic heterocycles. The van der Waals surface area contributed by atoms with Gasteiger partial charge in [0.05, 0.1) is 12.2 Å². The molecule has 0 spiro atoms. The lowest BCUT2D eigenvalue weighted by atomic mass is 10.1. The molecule has 0 bridgehead atoms. The molecule has 9 heteroatoms. The van der Waals surface area contributed by atoms with Crippen molar-refractivity contribution < 1.29 is 27.8 Å². The average Bonchev–Trinajstić information content (AvgIpc) is 2.76. The molecule has 25 heavy (non-hydrogen) atoms. The number of carboxylic acids is 1. The minimum Gasteiger partial charge on any atom is -0.491 e. The number of hydrogen-bond acceptors (Lipinski definition) is 5. The molecule has 0 aromatic heterocycles. The maximum absolute atomic E-state index is 13.0. The van der Waals surface area contributed by atoms with Gasteiger partial charge in [-0.1, -0.05) is 12.1 Å². The van der Waals surface area contributed by atoms with Crippen LogP contribution in [0.5, 0.6) is 5.75 Å². The second-order valence-corrected chi connectivity index (χ2v) is 8.66. The van der Waals surface area contributed by atoms with Gasteiger partial charge in [0.2, 0.25) is 0 Å². The van der Waals surface area contributed by atoms with Gasteiger partial charge in [-0.25, -0.2) is 4.79 Å². The normalized spacial score (nSPS) is 21.8. The summed E-state index contributed by atoms with van der Waals surface area (Å²) in [5.41, 5.74) is 0.0555. The highest BCUT2D eigenvalue weighted by Gasteiger charge is 2.38. The van der Waals surface area contributed by atoms with Gasteiger partial charge in [-0.2, -0.15) is 17.0 Å². The van der Waals surface area contributed by atoms with Crippen molar-refractivity contribution in [3.63, 3.8) is 0 Å². The summed E-state index contributed by atoms with van der Waals surface area (Å²) in [4.78, 5) is 11.3. The summed E-state index contributed by atoms with van der Waals surface area (Å²) in [6.07, 6.45) is 0. The van der Waals surface area contributed by atoms with Crippen LogP contribution in [-0.4, -0.2) is 66.6 Å². The molecule has 0 radical (unpaired) electrons. The lowest BCUT2D eigenvalue weighted by Gasteiger charge is -2.39. The van der Waals surface area contributed by atoms with Crippen LogP contribution in [0.2, 0.25) is 0 Å². The molecule has 2 aliphatic rings. The minimum atomic E-state index is -3.70. The lowest BCUT2D eigenvalue weighted by Crippen LogP contribution is -2.54. The van der Waals surface area contributed by atoms with E-state index >= 15 is 0 Å². The van der Waals surface area contributed by atoms with Crippen molar-refractivity contribution in [2.75, 3.05) is 32.8 Å². The van der Waals surface area contributed by atoms with Crippen LogP contribution in [0.3, 0.4) is 0 Å². The van der Waals surface area contributed by atoms with E-state index in [1.165, 1.54) is 14.7 Å². The number of ether oxygens (including phenoxy) is 2. The van der Waals surface area contributed by atoms with Crippen LogP contribution >= 0.6 is 0 Å². The van der Waals surface area contributed by atoms with E-state index in [1.807, 2.05) is 13.8 Å². The zero-order valence-electron chi connectivity index (χ0n) is 14.3. The van der Waals surface area contributed by atoms with Gasteiger partial charge in [0.15, 0.2) is 0 Å². The van der Waals surface area contributed by atoms with Gasteiger partial charge >= 0.3 is 5.97 Å². The molecular formula is C16H22N2O6S. The van der Waals surface area contributed by atoms with Crippen LogP contribution in [0, 0.1) is 0 Å². The molecule has 0 aliphatic carbocycles. The van der Waals surface area contributed by atoms with E-state index < -0.39 is 21.8 Å². The lowest BCUT2D eigenvalue weighted by molar-refractivity contribution is -0.0653. The van der Waals surface area contributed by atoms with Gasteiger partial charge < -0.3 is 14.6 Å². The van der Waals surface area contributed by atoms with Gasteiger partial charge in [-0.15, -0.1) is 0 Å². The van der Waals surface area contributed by atoms with Crippen molar-refractivity contribution in [2.24, 2.45) is 0 Å². The van der Waals surface area contributed by atoms with E-state index in [1.54, 1.807) is 12.1 Å². The molecule has 1 aromatic rings. The van der Waals surface area contributed by atoms with Crippen molar-refractivity contribution in [1.82, 2.24) is 8.61 Å². The van der Waals surface area contributed by atoms with E-state index in [2.05, 4.69) is 0 Å². The van der Waals surface area contributed by atoms with Gasteiger partial charge in [0, 0.05) is 31.7 Å². The second kappa shape index (κ2) is 6.56. The number of para-hydroxylation sites is 1. The van der Waals surface area contributed by atoms with E-state index in [0.29, 0.717) is 18.7 Å². The fraction of sp³-hybridized carbons (Fsp3) is 0.562. The first-order valence-electron chi connectivity index (χ1n) is 8.08. The topological polar surface area (TPSA) is 96.4 Å². The molecule has 0 saturated carbocycles. The van der Waals surface area contributed by atoms with Crippen molar-refractivity contribution in [2.45, 2.75) is 26.0 Å². The van der Waals surface area contributed by atoms with E-state index in [-0.39, 0.29) is 37.6 Å². The van der Waals surface area contributed by atoms with Crippen LogP contribution < -0.4 is 4.74 Å². The quantitative estimate of drug-likeness (QED) is 0.850. The zero-order valence-corrected chi connectivity index (χ0v) is 15.1. The summed E-state index contributed by atoms with van der Waals surface area (Å²) in [6.45, 7) is 4.97. The third kappa shape index (κ3) is 3.64. The molecule has 1 N–H and O–H groups in total. The first-order valence-corrected chi connectivity index (χ1v) is 9.47. The monoisotopic (exact) mass is 370 g/mol. The zero-order chi connectivity index (χ0) is 18.2. The van der Waals surface area contributed by atoms with Crippen LogP contribution in [0.15, 0.2) is 18.2 Å². The van der Waals surface area contributed by atoms with E-state index in [9.17, 15) is 18.3 Å². The fourth-order valence-corrected chi connectivity index (χ4v) is 4.81. The number of carbonyl (C=O) groups is 1. The molecule has 0 unspecified atom stereocenters. The minimum absolute atomic E-state index is 0.0456. The van der Waals surface area contributed by atoms with Crippen LogP contribution in [0.1, 0.15) is 29.8 Å². The van der Waals surface area contributed by atoms with Crippen molar-refractivity contribution >= 4 is 16.2 Å². The Morgan fingerprint density at radius 3 is 2.60 bits per heavy atom. The number of benzene rings is 1.